The third-order valence-corrected chi connectivity index (χ3v) is 2.63. The van der Waals surface area contributed by atoms with Crippen molar-refractivity contribution in [1.29, 1.82) is 0 Å². The van der Waals surface area contributed by atoms with Gasteiger partial charge in [0, 0.05) is 22.3 Å². The summed E-state index contributed by atoms with van der Waals surface area (Å²) in [6, 6.07) is 8.35. The lowest BCUT2D eigenvalue weighted by atomic mass is 10.2. The highest BCUT2D eigenvalue weighted by atomic mass is 35.5. The number of anilines is 1. The Morgan fingerprint density at radius 3 is 2.50 bits per heavy atom. The minimum Gasteiger partial charge on any atom is -0.489 e. The molecule has 18 heavy (non-hydrogen) atoms. The van der Waals surface area contributed by atoms with Crippen LogP contribution in [-0.2, 0) is 6.61 Å². The topological polar surface area (TPSA) is 35.2 Å². The van der Waals surface area contributed by atoms with Crippen LogP contribution in [0.3, 0.4) is 0 Å². The van der Waals surface area contributed by atoms with Crippen molar-refractivity contribution in [3.05, 3.63) is 58.6 Å². The van der Waals surface area contributed by atoms with Gasteiger partial charge in [0.2, 0.25) is 0 Å². The fourth-order valence-corrected chi connectivity index (χ4v) is 1.61. The van der Waals surface area contributed by atoms with E-state index in [2.05, 4.69) is 0 Å². The highest BCUT2D eigenvalue weighted by Gasteiger charge is 2.05. The first kappa shape index (κ1) is 12.6. The number of nitrogen functional groups attached to an aromatic ring is 1. The van der Waals surface area contributed by atoms with Gasteiger partial charge in [-0.25, -0.2) is 8.78 Å². The summed E-state index contributed by atoms with van der Waals surface area (Å²) in [5.74, 6) is -1.62. The molecular weight excluding hydrogens is 260 g/mol. The van der Waals surface area contributed by atoms with Crippen LogP contribution < -0.4 is 10.5 Å². The van der Waals surface area contributed by atoms with E-state index in [0.29, 0.717) is 10.7 Å². The average Bonchev–Trinajstić information content (AvgIpc) is 2.32. The number of nitrogens with two attached hydrogens (primary N) is 1. The van der Waals surface area contributed by atoms with Crippen LogP contribution in [0.15, 0.2) is 36.4 Å². The molecular formula is C13H10ClF2NO. The van der Waals surface area contributed by atoms with Crippen molar-refractivity contribution in [3.63, 3.8) is 0 Å². The molecule has 2 aromatic carbocycles. The molecule has 2 nitrogen and oxygen atoms in total. The summed E-state index contributed by atoms with van der Waals surface area (Å²) in [4.78, 5) is 0. The molecule has 0 aliphatic rings. The summed E-state index contributed by atoms with van der Waals surface area (Å²) < 4.78 is 31.0. The van der Waals surface area contributed by atoms with Crippen LogP contribution in [0.4, 0.5) is 14.5 Å². The second-order valence-corrected chi connectivity index (χ2v) is 4.14. The summed E-state index contributed by atoms with van der Waals surface area (Å²) in [6.07, 6.45) is 0. The zero-order chi connectivity index (χ0) is 13.1. The molecule has 0 atom stereocenters. The average molecular weight is 270 g/mol. The van der Waals surface area contributed by atoms with Crippen molar-refractivity contribution < 1.29 is 13.5 Å². The first-order valence-electron chi connectivity index (χ1n) is 5.18. The number of halogens is 3. The number of hydrogen-bond donors (Lipinski definition) is 1. The van der Waals surface area contributed by atoms with Gasteiger partial charge in [-0.2, -0.15) is 0 Å². The molecule has 0 radical (unpaired) electrons. The third kappa shape index (κ3) is 2.90. The Balaban J connectivity index is 2.09. The minimum absolute atomic E-state index is 0.161. The Morgan fingerprint density at radius 2 is 1.83 bits per heavy atom. The molecule has 2 rings (SSSR count). The fraction of sp³-hybridized carbons (Fsp3) is 0.0769. The second-order valence-electron chi connectivity index (χ2n) is 3.71. The normalized spacial score (nSPS) is 10.4. The molecule has 0 heterocycles. The van der Waals surface area contributed by atoms with Crippen LogP contribution in [0.2, 0.25) is 5.02 Å². The fourth-order valence-electron chi connectivity index (χ4n) is 1.42. The molecule has 94 valence electrons. The molecule has 0 saturated carbocycles. The Labute approximate surface area is 108 Å². The lowest BCUT2D eigenvalue weighted by Crippen LogP contribution is -2.00. The van der Waals surface area contributed by atoms with Crippen LogP contribution >= 0.6 is 11.6 Å². The standard InChI is InChI=1S/C13H10ClF2NO/c14-9-2-1-8(13(17)5-9)7-18-10-3-4-11(15)12(16)6-10/h1-6H,7,17H2. The largest absolute Gasteiger partial charge is 0.489 e. The van der Waals surface area contributed by atoms with Gasteiger partial charge in [-0.3, -0.25) is 0 Å². The molecule has 0 amide bonds. The van der Waals surface area contributed by atoms with Crippen molar-refractivity contribution in [3.8, 4) is 5.75 Å². The van der Waals surface area contributed by atoms with E-state index in [4.69, 9.17) is 22.1 Å². The molecule has 0 aliphatic carbocycles. The van der Waals surface area contributed by atoms with Gasteiger partial charge >= 0.3 is 0 Å². The molecule has 0 saturated heterocycles. The Morgan fingerprint density at radius 1 is 1.06 bits per heavy atom. The first-order chi connectivity index (χ1) is 8.56. The van der Waals surface area contributed by atoms with Crippen molar-refractivity contribution >= 4 is 17.3 Å². The Hall–Kier alpha value is -1.81. The molecule has 0 spiro atoms. The van der Waals surface area contributed by atoms with Gasteiger partial charge in [-0.15, -0.1) is 0 Å². The lowest BCUT2D eigenvalue weighted by Gasteiger charge is -2.09. The summed E-state index contributed by atoms with van der Waals surface area (Å²) in [5.41, 5.74) is 6.96. The predicted octanol–water partition coefficient (Wildman–Crippen LogP) is 3.78. The highest BCUT2D eigenvalue weighted by Crippen LogP contribution is 2.21. The smallest absolute Gasteiger partial charge is 0.162 e. The molecule has 0 aromatic heterocycles. The van der Waals surface area contributed by atoms with Crippen LogP contribution in [0.1, 0.15) is 5.56 Å². The molecule has 0 unspecified atom stereocenters. The van der Waals surface area contributed by atoms with Gasteiger partial charge in [0.15, 0.2) is 11.6 Å². The SMILES string of the molecule is Nc1cc(Cl)ccc1COc1ccc(F)c(F)c1. The maximum atomic E-state index is 12.9. The van der Waals surface area contributed by atoms with E-state index in [9.17, 15) is 8.78 Å². The van der Waals surface area contributed by atoms with Crippen LogP contribution in [0.5, 0.6) is 5.75 Å². The summed E-state index contributed by atoms with van der Waals surface area (Å²) >= 11 is 5.76. The van der Waals surface area contributed by atoms with Gasteiger partial charge in [0.1, 0.15) is 12.4 Å². The number of rotatable bonds is 3. The molecule has 2 aromatic rings. The van der Waals surface area contributed by atoms with Gasteiger partial charge < -0.3 is 10.5 Å². The van der Waals surface area contributed by atoms with Gasteiger partial charge in [0.25, 0.3) is 0 Å². The van der Waals surface area contributed by atoms with E-state index in [1.807, 2.05) is 0 Å². The van der Waals surface area contributed by atoms with Crippen molar-refractivity contribution in [2.45, 2.75) is 6.61 Å². The van der Waals surface area contributed by atoms with Crippen LogP contribution in [0.25, 0.3) is 0 Å². The van der Waals surface area contributed by atoms with E-state index < -0.39 is 11.6 Å². The molecule has 0 fully saturated rings. The number of benzene rings is 2. The molecule has 2 N–H and O–H groups in total. The zero-order valence-electron chi connectivity index (χ0n) is 9.29. The van der Waals surface area contributed by atoms with E-state index in [0.717, 1.165) is 17.7 Å². The van der Waals surface area contributed by atoms with Crippen molar-refractivity contribution in [2.24, 2.45) is 0 Å². The second kappa shape index (κ2) is 5.23. The van der Waals surface area contributed by atoms with Crippen molar-refractivity contribution in [1.82, 2.24) is 0 Å². The molecule has 0 bridgehead atoms. The van der Waals surface area contributed by atoms with E-state index in [1.54, 1.807) is 18.2 Å². The number of ether oxygens (including phenoxy) is 1. The first-order valence-corrected chi connectivity index (χ1v) is 5.56. The third-order valence-electron chi connectivity index (χ3n) is 2.39. The Bertz CT molecular complexity index is 575. The van der Waals surface area contributed by atoms with E-state index in [1.165, 1.54) is 6.07 Å². The van der Waals surface area contributed by atoms with Gasteiger partial charge in [-0.05, 0) is 24.3 Å². The summed E-state index contributed by atoms with van der Waals surface area (Å²) in [7, 11) is 0. The predicted molar refractivity (Wildman–Crippen MR) is 66.6 cm³/mol. The quantitative estimate of drug-likeness (QED) is 0.861. The zero-order valence-corrected chi connectivity index (χ0v) is 10.0. The maximum Gasteiger partial charge on any atom is 0.162 e. The summed E-state index contributed by atoms with van der Waals surface area (Å²) in [6.45, 7) is 0.161. The molecule has 5 heteroatoms. The monoisotopic (exact) mass is 269 g/mol. The minimum atomic E-state index is -0.948. The van der Waals surface area contributed by atoms with Crippen molar-refractivity contribution in [2.75, 3.05) is 5.73 Å². The lowest BCUT2D eigenvalue weighted by molar-refractivity contribution is 0.304. The van der Waals surface area contributed by atoms with E-state index >= 15 is 0 Å². The molecule has 0 aliphatic heterocycles. The highest BCUT2D eigenvalue weighted by molar-refractivity contribution is 6.30. The van der Waals surface area contributed by atoms with E-state index in [-0.39, 0.29) is 12.4 Å². The Kier molecular flexibility index (Phi) is 3.67. The van der Waals surface area contributed by atoms with Crippen LogP contribution in [-0.4, -0.2) is 0 Å². The van der Waals surface area contributed by atoms with Crippen LogP contribution in [0, 0.1) is 11.6 Å². The number of hydrogen-bond acceptors (Lipinski definition) is 2. The maximum absolute atomic E-state index is 12.9. The van der Waals surface area contributed by atoms with Gasteiger partial charge in [0.05, 0.1) is 0 Å². The van der Waals surface area contributed by atoms with Gasteiger partial charge in [-0.1, -0.05) is 17.7 Å². The summed E-state index contributed by atoms with van der Waals surface area (Å²) in [5, 5.41) is 0.532.